The van der Waals surface area contributed by atoms with Crippen LogP contribution in [0.4, 0.5) is 5.69 Å². The summed E-state index contributed by atoms with van der Waals surface area (Å²) >= 11 is 0. The molecule has 0 spiro atoms. The molecule has 1 aromatic rings. The van der Waals surface area contributed by atoms with E-state index in [0.717, 1.165) is 12.8 Å². The van der Waals surface area contributed by atoms with E-state index in [1.165, 1.54) is 19.3 Å². The summed E-state index contributed by atoms with van der Waals surface area (Å²) in [5.74, 6) is 0.533. The molecular formula is C16H26N2O2. The lowest BCUT2D eigenvalue weighted by atomic mass is 10.1. The normalized spacial score (nSPS) is 11.9. The van der Waals surface area contributed by atoms with Gasteiger partial charge in [-0.2, -0.15) is 0 Å². The molecule has 0 aliphatic carbocycles. The lowest BCUT2D eigenvalue weighted by Gasteiger charge is -2.14. The van der Waals surface area contributed by atoms with Gasteiger partial charge in [0.1, 0.15) is 5.75 Å². The van der Waals surface area contributed by atoms with Crippen LogP contribution in [0.5, 0.6) is 5.75 Å². The lowest BCUT2D eigenvalue weighted by Crippen LogP contribution is -2.36. The van der Waals surface area contributed by atoms with Crippen LogP contribution < -0.4 is 15.8 Å². The van der Waals surface area contributed by atoms with Crippen LogP contribution in [0.25, 0.3) is 0 Å². The molecule has 3 N–H and O–H groups in total. The number of anilines is 1. The Hall–Kier alpha value is -1.71. The minimum Gasteiger partial charge on any atom is -0.484 e. The van der Waals surface area contributed by atoms with Gasteiger partial charge < -0.3 is 15.8 Å². The van der Waals surface area contributed by atoms with Crippen LogP contribution in [-0.4, -0.2) is 18.6 Å². The maximum absolute atomic E-state index is 11.7. The highest BCUT2D eigenvalue weighted by atomic mass is 16.5. The summed E-state index contributed by atoms with van der Waals surface area (Å²) in [5, 5.41) is 2.95. The summed E-state index contributed by atoms with van der Waals surface area (Å²) in [5.41, 5.74) is 6.28. The second-order valence-electron chi connectivity index (χ2n) is 5.18. The van der Waals surface area contributed by atoms with E-state index >= 15 is 0 Å². The third-order valence-electron chi connectivity index (χ3n) is 3.13. The van der Waals surface area contributed by atoms with Gasteiger partial charge in [-0.3, -0.25) is 4.79 Å². The molecule has 0 radical (unpaired) electrons. The first-order valence-corrected chi connectivity index (χ1v) is 7.39. The molecule has 4 nitrogen and oxygen atoms in total. The molecule has 20 heavy (non-hydrogen) atoms. The Bertz CT molecular complexity index is 407. The average molecular weight is 278 g/mol. The molecule has 0 saturated heterocycles. The highest BCUT2D eigenvalue weighted by molar-refractivity contribution is 5.77. The summed E-state index contributed by atoms with van der Waals surface area (Å²) in [6.07, 6.45) is 5.90. The van der Waals surface area contributed by atoms with Gasteiger partial charge in [0, 0.05) is 17.8 Å². The van der Waals surface area contributed by atoms with Crippen molar-refractivity contribution in [2.75, 3.05) is 12.3 Å². The van der Waals surface area contributed by atoms with E-state index in [4.69, 9.17) is 10.5 Å². The van der Waals surface area contributed by atoms with Crippen LogP contribution in [-0.2, 0) is 4.79 Å². The van der Waals surface area contributed by atoms with Gasteiger partial charge in [-0.15, -0.1) is 0 Å². The van der Waals surface area contributed by atoms with Crippen molar-refractivity contribution in [2.24, 2.45) is 0 Å². The monoisotopic (exact) mass is 278 g/mol. The fraction of sp³-hybridized carbons (Fsp3) is 0.562. The van der Waals surface area contributed by atoms with E-state index in [0.29, 0.717) is 11.4 Å². The molecule has 0 bridgehead atoms. The van der Waals surface area contributed by atoms with E-state index in [-0.39, 0.29) is 18.6 Å². The van der Waals surface area contributed by atoms with Gasteiger partial charge in [0.15, 0.2) is 6.61 Å². The molecule has 0 aliphatic rings. The highest BCUT2D eigenvalue weighted by Crippen LogP contribution is 2.14. The second-order valence-corrected chi connectivity index (χ2v) is 5.18. The van der Waals surface area contributed by atoms with Crippen LogP contribution in [0.3, 0.4) is 0 Å². The average Bonchev–Trinajstić information content (AvgIpc) is 2.41. The van der Waals surface area contributed by atoms with Crippen molar-refractivity contribution in [3.8, 4) is 5.75 Å². The number of ether oxygens (including phenoxy) is 1. The zero-order valence-corrected chi connectivity index (χ0v) is 12.5. The Labute approximate surface area is 121 Å². The first kappa shape index (κ1) is 16.3. The fourth-order valence-electron chi connectivity index (χ4n) is 2.02. The van der Waals surface area contributed by atoms with Crippen LogP contribution in [0.15, 0.2) is 24.3 Å². The topological polar surface area (TPSA) is 64.3 Å². The maximum atomic E-state index is 11.7. The number of nitrogens with one attached hydrogen (secondary N) is 1. The Morgan fingerprint density at radius 1 is 1.35 bits per heavy atom. The molecule has 0 aliphatic heterocycles. The van der Waals surface area contributed by atoms with Crippen molar-refractivity contribution in [1.82, 2.24) is 5.32 Å². The van der Waals surface area contributed by atoms with Crippen LogP contribution >= 0.6 is 0 Å². The first-order valence-electron chi connectivity index (χ1n) is 7.39. The van der Waals surface area contributed by atoms with Crippen LogP contribution in [0.1, 0.15) is 46.0 Å². The van der Waals surface area contributed by atoms with E-state index < -0.39 is 0 Å². The Kier molecular flexibility index (Phi) is 7.55. The number of carbonyl (C=O) groups is 1. The summed E-state index contributed by atoms with van der Waals surface area (Å²) in [4.78, 5) is 11.7. The van der Waals surface area contributed by atoms with E-state index in [1.807, 2.05) is 6.92 Å². The van der Waals surface area contributed by atoms with Crippen LogP contribution in [0.2, 0.25) is 0 Å². The van der Waals surface area contributed by atoms with Crippen molar-refractivity contribution in [3.05, 3.63) is 24.3 Å². The SMILES string of the molecule is CCCCCCC(C)NC(=O)COc1cccc(N)c1. The van der Waals surface area contributed by atoms with Crippen LogP contribution in [0, 0.1) is 0 Å². The number of benzene rings is 1. The quantitative estimate of drug-likeness (QED) is 0.539. The van der Waals surface area contributed by atoms with Crippen molar-refractivity contribution < 1.29 is 9.53 Å². The Morgan fingerprint density at radius 3 is 2.85 bits per heavy atom. The molecule has 1 rings (SSSR count). The molecule has 4 heteroatoms. The fourth-order valence-corrected chi connectivity index (χ4v) is 2.02. The first-order chi connectivity index (χ1) is 9.61. The third kappa shape index (κ3) is 7.02. The molecule has 112 valence electrons. The van der Waals surface area contributed by atoms with Gasteiger partial charge >= 0.3 is 0 Å². The van der Waals surface area contributed by atoms with Crippen molar-refractivity contribution in [1.29, 1.82) is 0 Å². The summed E-state index contributed by atoms with van der Waals surface area (Å²) in [6, 6.07) is 7.28. The molecule has 1 unspecified atom stereocenters. The van der Waals surface area contributed by atoms with Gasteiger partial charge in [-0.05, 0) is 25.5 Å². The predicted molar refractivity (Wildman–Crippen MR) is 82.7 cm³/mol. The minimum absolute atomic E-state index is 0.0305. The van der Waals surface area contributed by atoms with Crippen molar-refractivity contribution in [3.63, 3.8) is 0 Å². The lowest BCUT2D eigenvalue weighted by molar-refractivity contribution is -0.123. The highest BCUT2D eigenvalue weighted by Gasteiger charge is 2.07. The number of nitrogen functional groups attached to an aromatic ring is 1. The molecule has 0 saturated carbocycles. The van der Waals surface area contributed by atoms with Crippen molar-refractivity contribution in [2.45, 2.75) is 52.0 Å². The van der Waals surface area contributed by atoms with Gasteiger partial charge in [0.05, 0.1) is 0 Å². The van der Waals surface area contributed by atoms with Crippen molar-refractivity contribution >= 4 is 11.6 Å². The molecule has 0 heterocycles. The van der Waals surface area contributed by atoms with E-state index in [9.17, 15) is 4.79 Å². The minimum atomic E-state index is -0.0876. The number of nitrogens with two attached hydrogens (primary N) is 1. The number of hydrogen-bond acceptors (Lipinski definition) is 3. The molecule has 0 aromatic heterocycles. The zero-order valence-electron chi connectivity index (χ0n) is 12.5. The van der Waals surface area contributed by atoms with Gasteiger partial charge in [0.2, 0.25) is 0 Å². The maximum Gasteiger partial charge on any atom is 0.258 e. The van der Waals surface area contributed by atoms with E-state index in [2.05, 4.69) is 12.2 Å². The molecule has 1 aromatic carbocycles. The number of hydrogen-bond donors (Lipinski definition) is 2. The Balaban J connectivity index is 2.19. The summed E-state index contributed by atoms with van der Waals surface area (Å²) in [6.45, 7) is 4.26. The third-order valence-corrected chi connectivity index (χ3v) is 3.13. The molecule has 1 atom stereocenters. The number of amides is 1. The number of carbonyl (C=O) groups excluding carboxylic acids is 1. The smallest absolute Gasteiger partial charge is 0.258 e. The van der Waals surface area contributed by atoms with Gasteiger partial charge in [-0.25, -0.2) is 0 Å². The summed E-state index contributed by atoms with van der Waals surface area (Å²) in [7, 11) is 0. The largest absolute Gasteiger partial charge is 0.484 e. The number of unbranched alkanes of at least 4 members (excludes halogenated alkanes) is 3. The Morgan fingerprint density at radius 2 is 2.15 bits per heavy atom. The molecule has 1 amide bonds. The van der Waals surface area contributed by atoms with E-state index in [1.54, 1.807) is 24.3 Å². The standard InChI is InChI=1S/C16H26N2O2/c1-3-4-5-6-8-13(2)18-16(19)12-20-15-10-7-9-14(17)11-15/h7,9-11,13H,3-6,8,12,17H2,1-2H3,(H,18,19). The predicted octanol–water partition coefficient (Wildman–Crippen LogP) is 3.12. The molecule has 0 fully saturated rings. The zero-order chi connectivity index (χ0) is 14.8. The second kappa shape index (κ2) is 9.23. The summed E-state index contributed by atoms with van der Waals surface area (Å²) < 4.78 is 5.40. The number of rotatable bonds is 9. The van der Waals surface area contributed by atoms with Gasteiger partial charge in [-0.1, -0.05) is 38.7 Å². The van der Waals surface area contributed by atoms with Gasteiger partial charge in [0.25, 0.3) is 5.91 Å². The molecular weight excluding hydrogens is 252 g/mol.